The van der Waals surface area contributed by atoms with E-state index in [9.17, 15) is 0 Å². The number of fused-ring (bicyclic) bond motifs is 6. The van der Waals surface area contributed by atoms with E-state index in [0.29, 0.717) is 23.5 Å². The summed E-state index contributed by atoms with van der Waals surface area (Å²) in [6.07, 6.45) is 6.89. The van der Waals surface area contributed by atoms with Crippen LogP contribution in [0.3, 0.4) is 0 Å². The van der Waals surface area contributed by atoms with Gasteiger partial charge in [0.05, 0.1) is 11.0 Å². The van der Waals surface area contributed by atoms with Crippen LogP contribution >= 0.6 is 0 Å². The second kappa shape index (κ2) is 11.1. The molecular formula is C49H38N4. The lowest BCUT2D eigenvalue weighted by Gasteiger charge is -2.61. The van der Waals surface area contributed by atoms with Gasteiger partial charge in [0.15, 0.2) is 17.5 Å². The molecule has 4 saturated carbocycles. The van der Waals surface area contributed by atoms with Gasteiger partial charge >= 0.3 is 0 Å². The SMILES string of the molecule is c1ccc(-c2nc(-c3ccc4c(c3)C3(c5ccccc5-4)C4CC5CC(C4)CC3C5)nc(-c3cccc4c3c3ccccc3n4-c3ccccc3)n2)cc1. The lowest BCUT2D eigenvalue weighted by atomic mass is 9.43. The molecule has 4 bridgehead atoms. The highest BCUT2D eigenvalue weighted by Gasteiger charge is 2.61. The zero-order valence-corrected chi connectivity index (χ0v) is 29.5. The molecule has 1 spiro atoms. The number of hydrogen-bond donors (Lipinski definition) is 0. The second-order valence-electron chi connectivity index (χ2n) is 16.0. The maximum atomic E-state index is 5.41. The minimum absolute atomic E-state index is 0.0817. The van der Waals surface area contributed by atoms with Crippen molar-refractivity contribution in [2.24, 2.45) is 23.7 Å². The molecule has 13 rings (SSSR count). The molecule has 4 nitrogen and oxygen atoms in total. The van der Waals surface area contributed by atoms with Crippen LogP contribution in [0.2, 0.25) is 0 Å². The van der Waals surface area contributed by atoms with Gasteiger partial charge in [-0.2, -0.15) is 0 Å². The highest BCUT2D eigenvalue weighted by atomic mass is 15.0. The van der Waals surface area contributed by atoms with Crippen molar-refractivity contribution in [3.8, 4) is 51.0 Å². The van der Waals surface area contributed by atoms with E-state index in [1.54, 1.807) is 5.56 Å². The molecular weight excluding hydrogens is 645 g/mol. The van der Waals surface area contributed by atoms with Gasteiger partial charge in [-0.15, -0.1) is 0 Å². The van der Waals surface area contributed by atoms with Crippen LogP contribution in [0.1, 0.15) is 43.2 Å². The molecule has 0 N–H and O–H groups in total. The molecule has 0 amide bonds. The molecule has 0 unspecified atom stereocenters. The Balaban J connectivity index is 1.09. The van der Waals surface area contributed by atoms with E-state index < -0.39 is 0 Å². The molecule has 0 saturated heterocycles. The molecule has 5 aliphatic carbocycles. The Morgan fingerprint density at radius 3 is 1.85 bits per heavy atom. The topological polar surface area (TPSA) is 43.6 Å². The van der Waals surface area contributed by atoms with E-state index in [0.717, 1.165) is 56.5 Å². The summed E-state index contributed by atoms with van der Waals surface area (Å²) < 4.78 is 2.36. The van der Waals surface area contributed by atoms with Crippen molar-refractivity contribution >= 4 is 21.8 Å². The van der Waals surface area contributed by atoms with Crippen molar-refractivity contribution in [3.63, 3.8) is 0 Å². The van der Waals surface area contributed by atoms with E-state index in [1.165, 1.54) is 54.2 Å². The van der Waals surface area contributed by atoms with Crippen LogP contribution in [0.15, 0.2) is 146 Å². The normalized spacial score (nSPS) is 23.5. The number of para-hydroxylation sites is 2. The van der Waals surface area contributed by atoms with Gasteiger partial charge in [0.1, 0.15) is 0 Å². The number of rotatable bonds is 4. The van der Waals surface area contributed by atoms with Crippen LogP contribution in [0.4, 0.5) is 0 Å². The number of hydrogen-bond acceptors (Lipinski definition) is 3. The van der Waals surface area contributed by atoms with Gasteiger partial charge in [0.25, 0.3) is 0 Å². The molecule has 254 valence electrons. The summed E-state index contributed by atoms with van der Waals surface area (Å²) in [7, 11) is 0. The summed E-state index contributed by atoms with van der Waals surface area (Å²) in [4.78, 5) is 15.9. The third kappa shape index (κ3) is 4.15. The van der Waals surface area contributed by atoms with E-state index in [1.807, 2.05) is 6.07 Å². The summed E-state index contributed by atoms with van der Waals surface area (Å²) in [5.41, 5.74) is 12.5. The Morgan fingerprint density at radius 2 is 1.06 bits per heavy atom. The molecule has 0 aliphatic heterocycles. The monoisotopic (exact) mass is 682 g/mol. The minimum atomic E-state index is 0.0817. The van der Waals surface area contributed by atoms with Gasteiger partial charge in [0.2, 0.25) is 0 Å². The molecule has 6 aromatic carbocycles. The van der Waals surface area contributed by atoms with E-state index >= 15 is 0 Å². The van der Waals surface area contributed by atoms with Crippen molar-refractivity contribution in [3.05, 3.63) is 157 Å². The van der Waals surface area contributed by atoms with Crippen molar-refractivity contribution in [2.45, 2.75) is 37.5 Å². The maximum absolute atomic E-state index is 5.41. The first-order chi connectivity index (χ1) is 26.2. The van der Waals surface area contributed by atoms with Crippen molar-refractivity contribution < 1.29 is 0 Å². The molecule has 2 aromatic heterocycles. The predicted octanol–water partition coefficient (Wildman–Crippen LogP) is 11.7. The van der Waals surface area contributed by atoms with Gasteiger partial charge in [0, 0.05) is 38.6 Å². The Kier molecular flexibility index (Phi) is 6.20. The summed E-state index contributed by atoms with van der Waals surface area (Å²) >= 11 is 0. The molecule has 5 aliphatic rings. The molecule has 4 fully saturated rings. The first-order valence-corrected chi connectivity index (χ1v) is 19.4. The number of nitrogens with zero attached hydrogens (tertiary/aromatic N) is 4. The summed E-state index contributed by atoms with van der Waals surface area (Å²) in [6, 6.07) is 52.7. The summed E-state index contributed by atoms with van der Waals surface area (Å²) in [6.45, 7) is 0. The largest absolute Gasteiger partial charge is 0.309 e. The van der Waals surface area contributed by atoms with Gasteiger partial charge in [-0.05, 0) is 108 Å². The van der Waals surface area contributed by atoms with E-state index in [2.05, 4.69) is 144 Å². The Labute approximate surface area is 309 Å². The van der Waals surface area contributed by atoms with Crippen LogP contribution < -0.4 is 0 Å². The van der Waals surface area contributed by atoms with Gasteiger partial charge < -0.3 is 4.57 Å². The van der Waals surface area contributed by atoms with Gasteiger partial charge in [-0.1, -0.05) is 115 Å². The fourth-order valence-electron chi connectivity index (χ4n) is 11.7. The third-order valence-electron chi connectivity index (χ3n) is 13.4. The van der Waals surface area contributed by atoms with Crippen LogP contribution in [-0.4, -0.2) is 19.5 Å². The highest BCUT2D eigenvalue weighted by molar-refractivity contribution is 6.15. The van der Waals surface area contributed by atoms with Crippen molar-refractivity contribution in [2.75, 3.05) is 0 Å². The lowest BCUT2D eigenvalue weighted by molar-refractivity contribution is -0.0399. The molecule has 0 atom stereocenters. The average molecular weight is 683 g/mol. The lowest BCUT2D eigenvalue weighted by Crippen LogP contribution is -2.55. The van der Waals surface area contributed by atoms with Crippen molar-refractivity contribution in [1.82, 2.24) is 19.5 Å². The second-order valence-corrected chi connectivity index (χ2v) is 16.0. The Bertz CT molecular complexity index is 2720. The standard InChI is InChI=1S/C49H38N4/c1-3-12-32(13-4-1)46-50-47(52-48(51-46)40-18-11-21-44-45(40)39-17-8-10-20-43(39)53(44)36-14-5-2-6-15-36)33-22-23-38-37-16-7-9-19-41(37)49(42(38)29-33)34-25-30-24-31(27-34)28-35(49)26-30/h1-23,29-31,34-35H,24-28H2. The number of aromatic nitrogens is 4. The summed E-state index contributed by atoms with van der Waals surface area (Å²) in [5.74, 6) is 5.33. The van der Waals surface area contributed by atoms with Crippen LogP contribution in [0.5, 0.6) is 0 Å². The predicted molar refractivity (Wildman–Crippen MR) is 214 cm³/mol. The van der Waals surface area contributed by atoms with Crippen LogP contribution in [0.25, 0.3) is 72.8 Å². The smallest absolute Gasteiger partial charge is 0.164 e. The van der Waals surface area contributed by atoms with Gasteiger partial charge in [-0.3, -0.25) is 0 Å². The zero-order chi connectivity index (χ0) is 34.7. The van der Waals surface area contributed by atoms with Crippen LogP contribution in [0, 0.1) is 23.7 Å². The first kappa shape index (κ1) is 29.7. The highest BCUT2D eigenvalue weighted by Crippen LogP contribution is 2.69. The van der Waals surface area contributed by atoms with Crippen LogP contribution in [-0.2, 0) is 5.41 Å². The summed E-state index contributed by atoms with van der Waals surface area (Å²) in [5, 5.41) is 2.34. The minimum Gasteiger partial charge on any atom is -0.309 e. The average Bonchev–Trinajstić information content (AvgIpc) is 3.71. The van der Waals surface area contributed by atoms with Gasteiger partial charge in [-0.25, -0.2) is 15.0 Å². The molecule has 4 heteroatoms. The quantitative estimate of drug-likeness (QED) is 0.186. The fraction of sp³-hybridized carbons (Fsp3) is 0.204. The van der Waals surface area contributed by atoms with Crippen molar-refractivity contribution in [1.29, 1.82) is 0 Å². The Morgan fingerprint density at radius 1 is 0.453 bits per heavy atom. The number of benzene rings is 6. The molecule has 53 heavy (non-hydrogen) atoms. The third-order valence-corrected chi connectivity index (χ3v) is 13.4. The van der Waals surface area contributed by atoms with E-state index in [4.69, 9.17) is 15.0 Å². The zero-order valence-electron chi connectivity index (χ0n) is 29.5. The molecule has 8 aromatic rings. The fourth-order valence-corrected chi connectivity index (χ4v) is 11.7. The maximum Gasteiger partial charge on any atom is 0.164 e. The molecule has 0 radical (unpaired) electrons. The first-order valence-electron chi connectivity index (χ1n) is 19.4. The molecule has 2 heterocycles. The Hall–Kier alpha value is -5.87. The van der Waals surface area contributed by atoms with E-state index in [-0.39, 0.29) is 5.41 Å².